The number of benzene rings is 1. The number of hydrogen-bond acceptors (Lipinski definition) is 3. The fourth-order valence-electron chi connectivity index (χ4n) is 3.91. The van der Waals surface area contributed by atoms with Crippen molar-refractivity contribution in [2.24, 2.45) is 0 Å². The lowest BCUT2D eigenvalue weighted by atomic mass is 9.99. The molecule has 28 heavy (non-hydrogen) atoms. The van der Waals surface area contributed by atoms with Crippen molar-refractivity contribution in [1.29, 1.82) is 0 Å². The van der Waals surface area contributed by atoms with Gasteiger partial charge in [0.1, 0.15) is 5.75 Å². The van der Waals surface area contributed by atoms with Crippen LogP contribution in [0.2, 0.25) is 18.1 Å². The smallest absolute Gasteiger partial charge is 0.250 e. The number of fused-ring (bicyclic) bond motifs is 4. The average molecular weight is 395 g/mol. The number of pyridine rings is 1. The van der Waals surface area contributed by atoms with Crippen molar-refractivity contribution in [3.8, 4) is 5.75 Å². The van der Waals surface area contributed by atoms with Crippen molar-refractivity contribution in [2.45, 2.75) is 71.6 Å². The molecule has 5 heteroatoms. The summed E-state index contributed by atoms with van der Waals surface area (Å²) < 4.78 is 6.54. The van der Waals surface area contributed by atoms with Crippen LogP contribution in [0.4, 0.5) is 0 Å². The number of carbonyl (C=O) groups is 1. The lowest BCUT2D eigenvalue weighted by Crippen LogP contribution is -2.43. The molecule has 0 fully saturated rings. The summed E-state index contributed by atoms with van der Waals surface area (Å²) in [5.41, 5.74) is 5.49. The highest BCUT2D eigenvalue weighted by Gasteiger charge is 2.39. The fourth-order valence-corrected chi connectivity index (χ4v) is 4.94. The Morgan fingerprint density at radius 1 is 1.25 bits per heavy atom. The zero-order valence-electron chi connectivity index (χ0n) is 17.8. The normalized spacial score (nSPS) is 16.9. The topological polar surface area (TPSA) is 42.4 Å². The van der Waals surface area contributed by atoms with Crippen LogP contribution in [0, 0.1) is 0 Å². The van der Waals surface area contributed by atoms with Gasteiger partial charge in [0.25, 0.3) is 0 Å². The van der Waals surface area contributed by atoms with Gasteiger partial charge in [0.2, 0.25) is 14.2 Å². The minimum Gasteiger partial charge on any atom is -0.543 e. The molecule has 4 nitrogen and oxygen atoms in total. The highest BCUT2D eigenvalue weighted by Crippen LogP contribution is 2.41. The molecule has 4 rings (SSSR count). The summed E-state index contributed by atoms with van der Waals surface area (Å²) in [7, 11) is -1.90. The van der Waals surface area contributed by atoms with E-state index in [0.29, 0.717) is 13.0 Å². The number of hydrogen-bond donors (Lipinski definition) is 0. The van der Waals surface area contributed by atoms with Gasteiger partial charge in [-0.05, 0) is 54.7 Å². The lowest BCUT2D eigenvalue weighted by Gasteiger charge is -2.36. The second kappa shape index (κ2) is 6.44. The van der Waals surface area contributed by atoms with Crippen LogP contribution in [0.3, 0.4) is 0 Å². The van der Waals surface area contributed by atoms with E-state index in [2.05, 4.69) is 65.1 Å². The first-order valence-electron chi connectivity index (χ1n) is 10.3. The maximum absolute atomic E-state index is 12.4. The number of aromatic nitrogens is 1. The number of nitrogens with zero attached hydrogens (tertiary/aromatic N) is 2. The number of carbonyl (C=O) groups excluding carboxylic acids is 1. The first kappa shape index (κ1) is 19.2. The van der Waals surface area contributed by atoms with Gasteiger partial charge in [-0.1, -0.05) is 33.8 Å². The Morgan fingerprint density at radius 3 is 2.68 bits per heavy atom. The molecule has 0 bridgehead atoms. The quantitative estimate of drug-likeness (QED) is 0.631. The van der Waals surface area contributed by atoms with E-state index in [1.54, 1.807) is 0 Å². The molecular weight excluding hydrogens is 364 g/mol. The van der Waals surface area contributed by atoms with Crippen LogP contribution < -0.4 is 4.43 Å². The van der Waals surface area contributed by atoms with E-state index < -0.39 is 8.32 Å². The zero-order valence-corrected chi connectivity index (χ0v) is 18.8. The molecule has 3 heterocycles. The van der Waals surface area contributed by atoms with Crippen molar-refractivity contribution in [1.82, 2.24) is 9.88 Å². The molecule has 0 saturated carbocycles. The Bertz CT molecular complexity index is 1000. The first-order valence-corrected chi connectivity index (χ1v) is 13.2. The molecule has 0 saturated heterocycles. The molecule has 1 aromatic carbocycles. The number of rotatable bonds is 3. The summed E-state index contributed by atoms with van der Waals surface area (Å²) >= 11 is 0. The third-order valence-corrected chi connectivity index (χ3v) is 10.9. The second-order valence-corrected chi connectivity index (χ2v) is 14.1. The van der Waals surface area contributed by atoms with Crippen LogP contribution in [0.1, 0.15) is 57.4 Å². The molecule has 2 aliphatic heterocycles. The van der Waals surface area contributed by atoms with Gasteiger partial charge in [-0.3, -0.25) is 4.79 Å². The predicted molar refractivity (Wildman–Crippen MR) is 117 cm³/mol. The predicted octanol–water partition coefficient (Wildman–Crippen LogP) is 5.66. The van der Waals surface area contributed by atoms with Gasteiger partial charge in [-0.15, -0.1) is 0 Å². The van der Waals surface area contributed by atoms with Crippen molar-refractivity contribution in [2.75, 3.05) is 0 Å². The highest BCUT2D eigenvalue weighted by molar-refractivity contribution is 6.74. The summed E-state index contributed by atoms with van der Waals surface area (Å²) in [6, 6.07) is 6.29. The van der Waals surface area contributed by atoms with E-state index in [-0.39, 0.29) is 10.9 Å². The van der Waals surface area contributed by atoms with E-state index in [4.69, 9.17) is 9.41 Å². The van der Waals surface area contributed by atoms with E-state index in [1.165, 1.54) is 11.1 Å². The third kappa shape index (κ3) is 2.96. The summed E-state index contributed by atoms with van der Waals surface area (Å²) in [4.78, 5) is 19.3. The molecule has 0 atom stereocenters. The standard InChI is InChI=1S/C23H30N2O2Si/c1-7-16-17-13-15(27-28(5,6)23(2,3)4)11-12-19(17)24-22-18(16)14-25-20(22)9-8-10-21(25)26/h9,11-13H,7-8,10,14H2,1-6H3. The molecule has 0 radical (unpaired) electrons. The van der Waals surface area contributed by atoms with E-state index in [1.807, 2.05) is 4.90 Å². The van der Waals surface area contributed by atoms with Gasteiger partial charge < -0.3 is 9.33 Å². The van der Waals surface area contributed by atoms with Crippen molar-refractivity contribution in [3.05, 3.63) is 41.1 Å². The van der Waals surface area contributed by atoms with Gasteiger partial charge in [-0.2, -0.15) is 0 Å². The van der Waals surface area contributed by atoms with E-state index >= 15 is 0 Å². The van der Waals surface area contributed by atoms with Crippen LogP contribution in [0.5, 0.6) is 5.75 Å². The Hall–Kier alpha value is -2.14. The summed E-state index contributed by atoms with van der Waals surface area (Å²) in [5, 5.41) is 1.31. The second-order valence-electron chi connectivity index (χ2n) is 9.42. The van der Waals surface area contributed by atoms with Gasteiger partial charge in [0, 0.05) is 17.4 Å². The lowest BCUT2D eigenvalue weighted by molar-refractivity contribution is -0.128. The molecular formula is C23H30N2O2Si. The van der Waals surface area contributed by atoms with Gasteiger partial charge in [0.05, 0.1) is 23.5 Å². The van der Waals surface area contributed by atoms with Gasteiger partial charge in [0.15, 0.2) is 0 Å². The van der Waals surface area contributed by atoms with Crippen LogP contribution in [0.25, 0.3) is 16.6 Å². The number of amides is 1. The van der Waals surface area contributed by atoms with Crippen molar-refractivity contribution >= 4 is 30.8 Å². The van der Waals surface area contributed by atoms with E-state index in [9.17, 15) is 4.79 Å². The van der Waals surface area contributed by atoms with Crippen molar-refractivity contribution < 1.29 is 9.22 Å². The summed E-state index contributed by atoms with van der Waals surface area (Å²) in [5.74, 6) is 1.14. The maximum atomic E-state index is 12.4. The van der Waals surface area contributed by atoms with Gasteiger partial charge in [-0.25, -0.2) is 4.98 Å². The maximum Gasteiger partial charge on any atom is 0.250 e. The number of aryl methyl sites for hydroxylation is 1. The molecule has 0 N–H and O–H groups in total. The van der Waals surface area contributed by atoms with Crippen molar-refractivity contribution in [3.63, 3.8) is 0 Å². The Morgan fingerprint density at radius 2 is 2.00 bits per heavy atom. The molecule has 2 aromatic rings. The summed E-state index contributed by atoms with van der Waals surface area (Å²) in [6.45, 7) is 14.2. The van der Waals surface area contributed by atoms with Gasteiger partial charge >= 0.3 is 0 Å². The molecule has 1 amide bonds. The fraction of sp³-hybridized carbons (Fsp3) is 0.478. The highest BCUT2D eigenvalue weighted by atomic mass is 28.4. The zero-order chi connectivity index (χ0) is 20.3. The third-order valence-electron chi connectivity index (χ3n) is 6.55. The van der Waals surface area contributed by atoms with E-state index in [0.717, 1.165) is 40.9 Å². The average Bonchev–Trinajstić information content (AvgIpc) is 2.98. The Balaban J connectivity index is 1.82. The Kier molecular flexibility index (Phi) is 4.42. The molecule has 148 valence electrons. The van der Waals surface area contributed by atoms with Crippen LogP contribution in [0.15, 0.2) is 24.3 Å². The van der Waals surface area contributed by atoms with Crippen LogP contribution >= 0.6 is 0 Å². The number of allylic oxidation sites excluding steroid dienone is 1. The first-order chi connectivity index (χ1) is 13.1. The summed E-state index contributed by atoms with van der Waals surface area (Å²) in [6.07, 6.45) is 4.49. The monoisotopic (exact) mass is 394 g/mol. The molecule has 0 unspecified atom stereocenters. The SMILES string of the molecule is CCc1c2c(nc3ccc(O[Si](C)(C)C(C)(C)C)cc13)C1=CCCC(=O)N1C2. The molecule has 2 aliphatic rings. The molecule has 0 spiro atoms. The largest absolute Gasteiger partial charge is 0.543 e. The molecule has 0 aliphatic carbocycles. The minimum atomic E-state index is -1.90. The minimum absolute atomic E-state index is 0.154. The van der Waals surface area contributed by atoms with Crippen LogP contribution in [-0.4, -0.2) is 24.1 Å². The molecule has 1 aromatic heterocycles. The van der Waals surface area contributed by atoms with Crippen LogP contribution in [-0.2, 0) is 17.8 Å². The Labute approximate surface area is 168 Å².